The van der Waals surface area contributed by atoms with Crippen molar-refractivity contribution in [2.75, 3.05) is 0 Å². The summed E-state index contributed by atoms with van der Waals surface area (Å²) in [5, 5.41) is 10.2. The summed E-state index contributed by atoms with van der Waals surface area (Å²) in [4.78, 5) is 3.93. The molecule has 0 amide bonds. The summed E-state index contributed by atoms with van der Waals surface area (Å²) in [5.41, 5.74) is -1.02. The molecule has 0 saturated carbocycles. The van der Waals surface area contributed by atoms with E-state index in [0.29, 0.717) is 6.54 Å². The van der Waals surface area contributed by atoms with Gasteiger partial charge in [-0.05, 0) is 13.0 Å². The van der Waals surface area contributed by atoms with Gasteiger partial charge in [0, 0.05) is 24.5 Å². The molecule has 1 unspecified atom stereocenters. The summed E-state index contributed by atoms with van der Waals surface area (Å²) < 4.78 is 40.3. The molecule has 0 radical (unpaired) electrons. The van der Waals surface area contributed by atoms with E-state index in [9.17, 15) is 18.3 Å². The number of nitrogens with zero attached hydrogens (tertiary/aromatic N) is 2. The fraction of sp³-hybridized carbons (Fsp3) is 0.308. The first-order valence-corrected chi connectivity index (χ1v) is 5.80. The number of aromatic nitrogens is 2. The predicted octanol–water partition coefficient (Wildman–Crippen LogP) is 3.00. The number of rotatable bonds is 3. The van der Waals surface area contributed by atoms with Gasteiger partial charge in [0.05, 0.1) is 5.56 Å². The van der Waals surface area contributed by atoms with Gasteiger partial charge in [0.2, 0.25) is 0 Å². The minimum Gasteiger partial charge on any atom is -0.380 e. The molecule has 0 bridgehead atoms. The quantitative estimate of drug-likeness (QED) is 0.931. The van der Waals surface area contributed by atoms with Crippen LogP contribution in [0.4, 0.5) is 13.2 Å². The van der Waals surface area contributed by atoms with Crippen molar-refractivity contribution in [3.63, 3.8) is 0 Å². The topological polar surface area (TPSA) is 38.0 Å². The first-order valence-electron chi connectivity index (χ1n) is 5.80. The first-order chi connectivity index (χ1) is 8.95. The van der Waals surface area contributed by atoms with Gasteiger partial charge in [0.1, 0.15) is 11.9 Å². The van der Waals surface area contributed by atoms with Crippen molar-refractivity contribution in [2.24, 2.45) is 0 Å². The van der Waals surface area contributed by atoms with Crippen LogP contribution >= 0.6 is 0 Å². The summed E-state index contributed by atoms with van der Waals surface area (Å²) in [6.07, 6.45) is -2.82. The molecule has 0 aliphatic carbocycles. The van der Waals surface area contributed by atoms with Gasteiger partial charge in [-0.3, -0.25) is 0 Å². The Kier molecular flexibility index (Phi) is 3.61. The number of alkyl halides is 3. The molecule has 3 nitrogen and oxygen atoms in total. The molecule has 1 N–H and O–H groups in total. The maximum atomic E-state index is 12.9. The van der Waals surface area contributed by atoms with Gasteiger partial charge in [-0.25, -0.2) is 4.98 Å². The molecule has 2 aromatic rings. The van der Waals surface area contributed by atoms with Crippen LogP contribution in [0.15, 0.2) is 36.7 Å². The minimum atomic E-state index is -4.50. The Labute approximate surface area is 108 Å². The standard InChI is InChI=1S/C13H13F3N2O/c1-2-18-8-7-17-12(18)11(19)9-5-3-4-6-10(9)13(14,15)16/h3-8,11,19H,2H2,1H3. The summed E-state index contributed by atoms with van der Waals surface area (Å²) in [6, 6.07) is 4.98. The monoisotopic (exact) mass is 270 g/mol. The SMILES string of the molecule is CCn1ccnc1C(O)c1ccccc1C(F)(F)F. The maximum Gasteiger partial charge on any atom is 0.416 e. The van der Waals surface area contributed by atoms with Gasteiger partial charge in [0.25, 0.3) is 0 Å². The van der Waals surface area contributed by atoms with E-state index in [1.165, 1.54) is 24.4 Å². The third-order valence-corrected chi connectivity index (χ3v) is 2.89. The number of benzene rings is 1. The van der Waals surface area contributed by atoms with Crippen LogP contribution in [0.5, 0.6) is 0 Å². The molecular weight excluding hydrogens is 257 g/mol. The highest BCUT2D eigenvalue weighted by Crippen LogP contribution is 2.35. The highest BCUT2D eigenvalue weighted by atomic mass is 19.4. The molecule has 102 valence electrons. The molecule has 1 aromatic carbocycles. The second kappa shape index (κ2) is 5.05. The van der Waals surface area contributed by atoms with Crippen molar-refractivity contribution in [2.45, 2.75) is 25.7 Å². The third kappa shape index (κ3) is 2.63. The number of aliphatic hydroxyl groups excluding tert-OH is 1. The molecular formula is C13H13F3N2O. The van der Waals surface area contributed by atoms with Crippen LogP contribution in [-0.2, 0) is 12.7 Å². The van der Waals surface area contributed by atoms with Crippen molar-refractivity contribution in [3.8, 4) is 0 Å². The Bertz CT molecular complexity index is 563. The molecule has 0 saturated heterocycles. The molecule has 1 atom stereocenters. The average Bonchev–Trinajstić information content (AvgIpc) is 2.85. The number of aliphatic hydroxyl groups is 1. The Morgan fingerprint density at radius 1 is 1.32 bits per heavy atom. The van der Waals surface area contributed by atoms with Crippen LogP contribution in [0.25, 0.3) is 0 Å². The smallest absolute Gasteiger partial charge is 0.380 e. The predicted molar refractivity (Wildman–Crippen MR) is 63.4 cm³/mol. The van der Waals surface area contributed by atoms with E-state index in [1.54, 1.807) is 10.8 Å². The fourth-order valence-corrected chi connectivity index (χ4v) is 1.97. The summed E-state index contributed by atoms with van der Waals surface area (Å²) in [5.74, 6) is 0.208. The van der Waals surface area contributed by atoms with E-state index in [1.807, 2.05) is 6.92 Å². The van der Waals surface area contributed by atoms with E-state index < -0.39 is 17.8 Å². The highest BCUT2D eigenvalue weighted by Gasteiger charge is 2.35. The third-order valence-electron chi connectivity index (χ3n) is 2.89. The minimum absolute atomic E-state index is 0.184. The molecule has 6 heteroatoms. The molecule has 2 rings (SSSR count). The normalized spacial score (nSPS) is 13.5. The number of aryl methyl sites for hydroxylation is 1. The molecule has 0 fully saturated rings. The molecule has 0 aliphatic rings. The molecule has 19 heavy (non-hydrogen) atoms. The van der Waals surface area contributed by atoms with Crippen molar-refractivity contribution in [1.29, 1.82) is 0 Å². The van der Waals surface area contributed by atoms with E-state index in [-0.39, 0.29) is 11.4 Å². The Morgan fingerprint density at radius 3 is 2.63 bits per heavy atom. The Morgan fingerprint density at radius 2 is 2.00 bits per heavy atom. The van der Waals surface area contributed by atoms with Crippen LogP contribution in [0.2, 0.25) is 0 Å². The summed E-state index contributed by atoms with van der Waals surface area (Å²) in [6.45, 7) is 2.36. The van der Waals surface area contributed by atoms with Crippen molar-refractivity contribution in [3.05, 3.63) is 53.6 Å². The van der Waals surface area contributed by atoms with Gasteiger partial charge >= 0.3 is 6.18 Å². The Balaban J connectivity index is 2.48. The summed E-state index contributed by atoms with van der Waals surface area (Å²) in [7, 11) is 0. The molecule has 1 aromatic heterocycles. The van der Waals surface area contributed by atoms with Crippen LogP contribution < -0.4 is 0 Å². The lowest BCUT2D eigenvalue weighted by molar-refractivity contribution is -0.139. The van der Waals surface area contributed by atoms with Crippen LogP contribution in [-0.4, -0.2) is 14.7 Å². The van der Waals surface area contributed by atoms with Crippen LogP contribution in [0.1, 0.15) is 30.0 Å². The number of hydrogen-bond donors (Lipinski definition) is 1. The summed E-state index contributed by atoms with van der Waals surface area (Å²) >= 11 is 0. The molecule has 1 heterocycles. The zero-order valence-corrected chi connectivity index (χ0v) is 10.2. The van der Waals surface area contributed by atoms with Gasteiger partial charge < -0.3 is 9.67 Å². The molecule has 0 spiro atoms. The second-order valence-corrected chi connectivity index (χ2v) is 4.06. The lowest BCUT2D eigenvalue weighted by Crippen LogP contribution is -2.15. The Hall–Kier alpha value is -1.82. The van der Waals surface area contributed by atoms with E-state index in [4.69, 9.17) is 0 Å². The van der Waals surface area contributed by atoms with Crippen LogP contribution in [0, 0.1) is 0 Å². The second-order valence-electron chi connectivity index (χ2n) is 4.06. The number of imidazole rings is 1. The average molecular weight is 270 g/mol. The van der Waals surface area contributed by atoms with Gasteiger partial charge in [-0.2, -0.15) is 13.2 Å². The van der Waals surface area contributed by atoms with E-state index in [2.05, 4.69) is 4.98 Å². The van der Waals surface area contributed by atoms with Gasteiger partial charge in [-0.15, -0.1) is 0 Å². The largest absolute Gasteiger partial charge is 0.416 e. The highest BCUT2D eigenvalue weighted by molar-refractivity contribution is 5.34. The van der Waals surface area contributed by atoms with Gasteiger partial charge in [0.15, 0.2) is 0 Å². The van der Waals surface area contributed by atoms with E-state index >= 15 is 0 Å². The number of halogens is 3. The zero-order chi connectivity index (χ0) is 14.0. The van der Waals surface area contributed by atoms with Crippen molar-refractivity contribution >= 4 is 0 Å². The zero-order valence-electron chi connectivity index (χ0n) is 10.2. The fourth-order valence-electron chi connectivity index (χ4n) is 1.97. The van der Waals surface area contributed by atoms with Crippen molar-refractivity contribution in [1.82, 2.24) is 9.55 Å². The lowest BCUT2D eigenvalue weighted by atomic mass is 10.0. The van der Waals surface area contributed by atoms with Crippen LogP contribution in [0.3, 0.4) is 0 Å². The lowest BCUT2D eigenvalue weighted by Gasteiger charge is -2.17. The molecule has 0 aliphatic heterocycles. The number of hydrogen-bond acceptors (Lipinski definition) is 2. The van der Waals surface area contributed by atoms with Crippen molar-refractivity contribution < 1.29 is 18.3 Å². The van der Waals surface area contributed by atoms with E-state index in [0.717, 1.165) is 6.07 Å². The maximum absolute atomic E-state index is 12.9. The van der Waals surface area contributed by atoms with Gasteiger partial charge in [-0.1, -0.05) is 18.2 Å². The first kappa shape index (κ1) is 13.6.